The van der Waals surface area contributed by atoms with Crippen LogP contribution in [0.15, 0.2) is 30.9 Å². The molecular weight excluding hydrogens is 380 g/mol. The molecule has 8 nitrogen and oxygen atoms in total. The summed E-state index contributed by atoms with van der Waals surface area (Å²) in [6.07, 6.45) is 5.68. The van der Waals surface area contributed by atoms with Crippen molar-refractivity contribution in [2.45, 2.75) is 31.7 Å². The first-order valence-corrected chi connectivity index (χ1v) is 9.59. The Balaban J connectivity index is 1.45. The highest BCUT2D eigenvalue weighted by molar-refractivity contribution is 5.77. The molecule has 2 aliphatic heterocycles. The fourth-order valence-electron chi connectivity index (χ4n) is 4.10. The van der Waals surface area contributed by atoms with Crippen LogP contribution in [0.2, 0.25) is 0 Å². The van der Waals surface area contributed by atoms with Crippen molar-refractivity contribution in [3.63, 3.8) is 0 Å². The Kier molecular flexibility index (Phi) is 4.33. The zero-order valence-corrected chi connectivity index (χ0v) is 15.6. The van der Waals surface area contributed by atoms with E-state index in [4.69, 9.17) is 0 Å². The second-order valence-corrected chi connectivity index (χ2v) is 7.30. The van der Waals surface area contributed by atoms with Crippen LogP contribution < -0.4 is 4.90 Å². The molecule has 10 heteroatoms. The van der Waals surface area contributed by atoms with Crippen LogP contribution in [0.3, 0.4) is 0 Å². The Morgan fingerprint density at radius 3 is 2.90 bits per heavy atom. The highest BCUT2D eigenvalue weighted by Crippen LogP contribution is 2.26. The van der Waals surface area contributed by atoms with E-state index in [1.807, 2.05) is 11.0 Å². The van der Waals surface area contributed by atoms with Gasteiger partial charge in [-0.25, -0.2) is 28.7 Å². The Hall–Kier alpha value is -3.17. The van der Waals surface area contributed by atoms with Crippen LogP contribution in [0.25, 0.3) is 17.2 Å². The highest BCUT2D eigenvalue weighted by Gasteiger charge is 2.33. The Bertz CT molecular complexity index is 1070. The summed E-state index contributed by atoms with van der Waals surface area (Å²) >= 11 is 0. The number of amides is 1. The van der Waals surface area contributed by atoms with Gasteiger partial charge in [-0.15, -0.1) is 0 Å². The molecule has 2 saturated heterocycles. The van der Waals surface area contributed by atoms with Crippen molar-refractivity contribution < 1.29 is 13.6 Å². The number of aromatic nitrogens is 5. The van der Waals surface area contributed by atoms with E-state index in [1.165, 1.54) is 16.8 Å². The number of hydrogen-bond acceptors (Lipinski definition) is 6. The lowest BCUT2D eigenvalue weighted by Crippen LogP contribution is -2.57. The van der Waals surface area contributed by atoms with Crippen molar-refractivity contribution >= 4 is 17.4 Å². The molecule has 3 aromatic heterocycles. The number of fused-ring (bicyclic) bond motifs is 2. The summed E-state index contributed by atoms with van der Waals surface area (Å²) in [5.74, 6) is 1.40. The Morgan fingerprint density at radius 1 is 1.14 bits per heavy atom. The number of halogens is 2. The summed E-state index contributed by atoms with van der Waals surface area (Å²) in [4.78, 5) is 33.2. The van der Waals surface area contributed by atoms with Crippen LogP contribution in [-0.2, 0) is 4.79 Å². The molecule has 0 aromatic carbocycles. The third kappa shape index (κ3) is 3.18. The maximum atomic E-state index is 13.0. The first-order valence-electron chi connectivity index (χ1n) is 9.59. The predicted molar refractivity (Wildman–Crippen MR) is 101 cm³/mol. The van der Waals surface area contributed by atoms with E-state index in [2.05, 4.69) is 24.8 Å². The van der Waals surface area contributed by atoms with Gasteiger partial charge in [-0.2, -0.15) is 0 Å². The molecule has 0 N–H and O–H groups in total. The minimum atomic E-state index is -2.67. The third-order valence-electron chi connectivity index (χ3n) is 5.56. The number of imidazole rings is 1. The van der Waals surface area contributed by atoms with Gasteiger partial charge in [-0.05, 0) is 18.9 Å². The summed E-state index contributed by atoms with van der Waals surface area (Å²) in [5.41, 5.74) is 0.649. The largest absolute Gasteiger partial charge is 0.353 e. The maximum absolute atomic E-state index is 13.0. The quantitative estimate of drug-likeness (QED) is 0.673. The minimum absolute atomic E-state index is 0.207. The number of nitrogens with zero attached hydrogens (tertiary/aromatic N) is 7. The van der Waals surface area contributed by atoms with Gasteiger partial charge in [0.05, 0.1) is 12.4 Å². The minimum Gasteiger partial charge on any atom is -0.353 e. The molecular formula is C19H19F2N7O. The summed E-state index contributed by atoms with van der Waals surface area (Å²) < 4.78 is 27.6. The van der Waals surface area contributed by atoms with Crippen molar-refractivity contribution in [2.24, 2.45) is 0 Å². The molecule has 0 saturated carbocycles. The van der Waals surface area contributed by atoms with Gasteiger partial charge in [0.2, 0.25) is 5.91 Å². The molecule has 2 fully saturated rings. The molecule has 1 atom stereocenters. The number of anilines is 1. The van der Waals surface area contributed by atoms with E-state index in [9.17, 15) is 13.6 Å². The van der Waals surface area contributed by atoms with Crippen LogP contribution in [-0.4, -0.2) is 60.8 Å². The lowest BCUT2D eigenvalue weighted by atomic mass is 9.99. The summed E-state index contributed by atoms with van der Waals surface area (Å²) in [6.45, 7) is 2.11. The van der Waals surface area contributed by atoms with Gasteiger partial charge in [0.1, 0.15) is 17.2 Å². The van der Waals surface area contributed by atoms with Crippen molar-refractivity contribution in [2.75, 3.05) is 24.5 Å². The zero-order valence-electron chi connectivity index (χ0n) is 15.6. The number of piperazine rings is 1. The van der Waals surface area contributed by atoms with Crippen molar-refractivity contribution in [1.29, 1.82) is 0 Å². The molecule has 1 unspecified atom stereocenters. The Labute approximate surface area is 165 Å². The van der Waals surface area contributed by atoms with Crippen molar-refractivity contribution in [3.8, 4) is 11.5 Å². The number of piperidine rings is 1. The third-order valence-corrected chi connectivity index (χ3v) is 5.56. The summed E-state index contributed by atoms with van der Waals surface area (Å²) in [6, 6.07) is 2.04. The second kappa shape index (κ2) is 7.02. The zero-order chi connectivity index (χ0) is 20.0. The average molecular weight is 399 g/mol. The lowest BCUT2D eigenvalue weighted by molar-refractivity contribution is -0.136. The molecule has 5 rings (SSSR count). The van der Waals surface area contributed by atoms with Gasteiger partial charge in [0, 0.05) is 44.5 Å². The Morgan fingerprint density at radius 2 is 2.03 bits per heavy atom. The first-order chi connectivity index (χ1) is 14.1. The first kappa shape index (κ1) is 17.9. The van der Waals surface area contributed by atoms with Crippen LogP contribution in [0.1, 0.15) is 31.4 Å². The van der Waals surface area contributed by atoms with E-state index in [-0.39, 0.29) is 17.6 Å². The number of rotatable bonds is 3. The molecule has 29 heavy (non-hydrogen) atoms. The van der Waals surface area contributed by atoms with Gasteiger partial charge in [-0.3, -0.25) is 9.20 Å². The van der Waals surface area contributed by atoms with E-state index in [1.54, 1.807) is 12.4 Å². The number of carbonyl (C=O) groups is 1. The molecule has 0 aliphatic carbocycles. The molecule has 0 radical (unpaired) electrons. The SMILES string of the molecule is O=C1CCCC2CN(c3ccnc(-c4cnc5cnc(C(F)F)cn45)n3)CCN12. The standard InChI is InChI=1S/C19H19F2N7O/c20-18(21)13-11-28-14(8-24-16(28)9-23-13)19-22-5-4-15(25-19)26-6-7-27-12(10-26)2-1-3-17(27)29/h4-5,8-9,11-12,18H,1-3,6-7,10H2. The van der Waals surface area contributed by atoms with Crippen LogP contribution in [0.5, 0.6) is 0 Å². The number of carbonyl (C=O) groups excluding carboxylic acids is 1. The molecule has 150 valence electrons. The second-order valence-electron chi connectivity index (χ2n) is 7.30. The van der Waals surface area contributed by atoms with Gasteiger partial charge in [0.15, 0.2) is 11.5 Å². The normalized spacial score (nSPS) is 19.8. The predicted octanol–water partition coefficient (Wildman–Crippen LogP) is 2.33. The van der Waals surface area contributed by atoms with Gasteiger partial charge in [-0.1, -0.05) is 0 Å². The van der Waals surface area contributed by atoms with Gasteiger partial charge < -0.3 is 9.80 Å². The van der Waals surface area contributed by atoms with E-state index in [0.717, 1.165) is 25.2 Å². The molecule has 0 bridgehead atoms. The van der Waals surface area contributed by atoms with Crippen molar-refractivity contribution in [3.05, 3.63) is 36.5 Å². The average Bonchev–Trinajstić information content (AvgIpc) is 3.17. The molecule has 3 aromatic rings. The van der Waals surface area contributed by atoms with E-state index in [0.29, 0.717) is 36.7 Å². The molecule has 1 amide bonds. The maximum Gasteiger partial charge on any atom is 0.281 e. The molecule has 2 aliphatic rings. The molecule has 0 spiro atoms. The fraction of sp³-hybridized carbons (Fsp3) is 0.421. The molecule has 5 heterocycles. The van der Waals surface area contributed by atoms with Crippen LogP contribution in [0.4, 0.5) is 14.6 Å². The number of hydrogen-bond donors (Lipinski definition) is 0. The topological polar surface area (TPSA) is 79.5 Å². The van der Waals surface area contributed by atoms with Gasteiger partial charge >= 0.3 is 0 Å². The highest BCUT2D eigenvalue weighted by atomic mass is 19.3. The van der Waals surface area contributed by atoms with E-state index >= 15 is 0 Å². The summed E-state index contributed by atoms with van der Waals surface area (Å²) in [7, 11) is 0. The lowest BCUT2D eigenvalue weighted by Gasteiger charge is -2.44. The fourth-order valence-corrected chi connectivity index (χ4v) is 4.10. The van der Waals surface area contributed by atoms with E-state index < -0.39 is 6.43 Å². The van der Waals surface area contributed by atoms with Crippen LogP contribution in [0, 0.1) is 0 Å². The van der Waals surface area contributed by atoms with Gasteiger partial charge in [0.25, 0.3) is 6.43 Å². The summed E-state index contributed by atoms with van der Waals surface area (Å²) in [5, 5.41) is 0. The van der Waals surface area contributed by atoms with Crippen molar-refractivity contribution in [1.82, 2.24) is 29.2 Å². The number of alkyl halides is 2. The van der Waals surface area contributed by atoms with Crippen LogP contribution >= 0.6 is 0 Å². The monoisotopic (exact) mass is 399 g/mol. The smallest absolute Gasteiger partial charge is 0.281 e.